The van der Waals surface area contributed by atoms with Gasteiger partial charge in [-0.15, -0.1) is 0 Å². The largest absolute Gasteiger partial charge is 0.394 e. The first-order valence-electron chi connectivity index (χ1n) is 5.81. The van der Waals surface area contributed by atoms with Crippen LogP contribution in [-0.2, 0) is 11.5 Å². The molecule has 108 valence electrons. The van der Waals surface area contributed by atoms with Crippen LogP contribution in [0.15, 0.2) is 12.5 Å². The number of aliphatic hydroxyl groups excluding tert-OH is 2. The second-order valence-electron chi connectivity index (χ2n) is 4.12. The molecule has 0 fully saturated rings. The SMILES string of the molecule is NC(=S)c1cn(COC(CO)CO)c2ncnc(N)c12. The Kier molecular flexibility index (Phi) is 4.45. The third-order valence-electron chi connectivity index (χ3n) is 2.80. The summed E-state index contributed by atoms with van der Waals surface area (Å²) in [5, 5.41) is 18.5. The van der Waals surface area contributed by atoms with Crippen LogP contribution in [0.5, 0.6) is 0 Å². The molecule has 2 heterocycles. The van der Waals surface area contributed by atoms with Crippen molar-refractivity contribution < 1.29 is 14.9 Å². The van der Waals surface area contributed by atoms with Gasteiger partial charge < -0.3 is 31.0 Å². The lowest BCUT2D eigenvalue weighted by molar-refractivity contribution is -0.0487. The Morgan fingerprint density at radius 1 is 1.40 bits per heavy atom. The normalized spacial score (nSPS) is 11.3. The summed E-state index contributed by atoms with van der Waals surface area (Å²) in [5.74, 6) is 0.275. The lowest BCUT2D eigenvalue weighted by Gasteiger charge is -2.13. The summed E-state index contributed by atoms with van der Waals surface area (Å²) in [4.78, 5) is 8.21. The zero-order valence-corrected chi connectivity index (χ0v) is 11.4. The Morgan fingerprint density at radius 2 is 2.10 bits per heavy atom. The summed E-state index contributed by atoms with van der Waals surface area (Å²) in [6.45, 7) is -0.495. The highest BCUT2D eigenvalue weighted by Gasteiger charge is 2.16. The molecule has 2 aromatic rings. The lowest BCUT2D eigenvalue weighted by atomic mass is 10.2. The molecular weight excluding hydrogens is 282 g/mol. The Labute approximate surface area is 120 Å². The summed E-state index contributed by atoms with van der Waals surface area (Å²) in [7, 11) is 0. The molecule has 0 aromatic carbocycles. The zero-order chi connectivity index (χ0) is 14.7. The fraction of sp³-hybridized carbons (Fsp3) is 0.364. The van der Waals surface area contributed by atoms with E-state index < -0.39 is 6.10 Å². The van der Waals surface area contributed by atoms with Crippen molar-refractivity contribution >= 4 is 34.1 Å². The number of rotatable bonds is 6. The van der Waals surface area contributed by atoms with Crippen LogP contribution in [0.3, 0.4) is 0 Å². The molecule has 0 aliphatic carbocycles. The number of hydrogen-bond acceptors (Lipinski definition) is 7. The molecule has 0 saturated heterocycles. The van der Waals surface area contributed by atoms with E-state index in [0.29, 0.717) is 16.6 Å². The van der Waals surface area contributed by atoms with Crippen LogP contribution in [0.25, 0.3) is 11.0 Å². The first kappa shape index (κ1) is 14.6. The number of thiocarbonyl (C=S) groups is 1. The first-order valence-corrected chi connectivity index (χ1v) is 6.21. The van der Waals surface area contributed by atoms with Gasteiger partial charge in [0.2, 0.25) is 0 Å². The molecule has 0 atom stereocenters. The molecule has 8 nitrogen and oxygen atoms in total. The third kappa shape index (κ3) is 2.70. The minimum absolute atomic E-state index is 0.0708. The van der Waals surface area contributed by atoms with Crippen molar-refractivity contribution in [1.82, 2.24) is 14.5 Å². The van der Waals surface area contributed by atoms with Gasteiger partial charge in [-0.1, -0.05) is 12.2 Å². The van der Waals surface area contributed by atoms with E-state index in [2.05, 4.69) is 9.97 Å². The van der Waals surface area contributed by atoms with Gasteiger partial charge in [-0.05, 0) is 0 Å². The Balaban J connectivity index is 2.39. The zero-order valence-electron chi connectivity index (χ0n) is 10.6. The summed E-state index contributed by atoms with van der Waals surface area (Å²) in [6.07, 6.45) is 2.32. The molecule has 0 bridgehead atoms. The van der Waals surface area contributed by atoms with Crippen LogP contribution >= 0.6 is 12.2 Å². The van der Waals surface area contributed by atoms with Crippen LogP contribution < -0.4 is 11.5 Å². The van der Waals surface area contributed by atoms with Gasteiger partial charge in [-0.3, -0.25) is 0 Å². The second-order valence-corrected chi connectivity index (χ2v) is 4.56. The van der Waals surface area contributed by atoms with Crippen molar-refractivity contribution in [2.75, 3.05) is 18.9 Å². The van der Waals surface area contributed by atoms with E-state index in [1.165, 1.54) is 6.33 Å². The van der Waals surface area contributed by atoms with Gasteiger partial charge >= 0.3 is 0 Å². The summed E-state index contributed by atoms with van der Waals surface area (Å²) >= 11 is 4.98. The lowest BCUT2D eigenvalue weighted by Crippen LogP contribution is -2.23. The van der Waals surface area contributed by atoms with Gasteiger partial charge in [0.05, 0.1) is 18.6 Å². The first-order chi connectivity index (χ1) is 9.58. The van der Waals surface area contributed by atoms with Crippen LogP contribution in [0.1, 0.15) is 5.56 Å². The fourth-order valence-electron chi connectivity index (χ4n) is 1.78. The maximum atomic E-state index is 8.97. The van der Waals surface area contributed by atoms with E-state index in [9.17, 15) is 0 Å². The molecule has 2 aromatic heterocycles. The summed E-state index contributed by atoms with van der Waals surface area (Å²) in [5.41, 5.74) is 12.6. The van der Waals surface area contributed by atoms with E-state index >= 15 is 0 Å². The van der Waals surface area contributed by atoms with Gasteiger partial charge in [-0.25, -0.2) is 9.97 Å². The number of nitrogens with two attached hydrogens (primary N) is 2. The number of nitrogen functional groups attached to an aromatic ring is 1. The predicted molar refractivity (Wildman–Crippen MR) is 76.9 cm³/mol. The van der Waals surface area contributed by atoms with Crippen LogP contribution in [0, 0.1) is 0 Å². The van der Waals surface area contributed by atoms with Crippen LogP contribution in [0.4, 0.5) is 5.82 Å². The second kappa shape index (κ2) is 6.09. The molecule has 0 radical (unpaired) electrons. The monoisotopic (exact) mass is 297 g/mol. The number of fused-ring (bicyclic) bond motifs is 1. The molecule has 0 unspecified atom stereocenters. The highest BCUT2D eigenvalue weighted by Crippen LogP contribution is 2.23. The predicted octanol–water partition coefficient (Wildman–Crippen LogP) is -1.03. The molecule has 0 amide bonds. The average molecular weight is 297 g/mol. The molecule has 0 spiro atoms. The number of anilines is 1. The molecule has 0 aliphatic rings. The van der Waals surface area contributed by atoms with Crippen molar-refractivity contribution in [3.63, 3.8) is 0 Å². The quantitative estimate of drug-likeness (QED) is 0.498. The Bertz CT molecular complexity index is 626. The van der Waals surface area contributed by atoms with Crippen molar-refractivity contribution in [2.24, 2.45) is 5.73 Å². The number of ether oxygens (including phenoxy) is 1. The third-order valence-corrected chi connectivity index (χ3v) is 3.02. The Morgan fingerprint density at radius 3 is 2.70 bits per heavy atom. The molecule has 20 heavy (non-hydrogen) atoms. The van der Waals surface area contributed by atoms with Gasteiger partial charge in [0.25, 0.3) is 0 Å². The molecule has 0 aliphatic heterocycles. The smallest absolute Gasteiger partial charge is 0.148 e. The van der Waals surface area contributed by atoms with Crippen molar-refractivity contribution in [3.05, 3.63) is 18.1 Å². The fourth-order valence-corrected chi connectivity index (χ4v) is 1.94. The standard InChI is InChI=1S/C11H15N5O3S/c12-9-8-7(10(13)20)1-16(11(8)15-4-14-9)5-19-6(2-17)3-18/h1,4,6,17-18H,2-3,5H2,(H2,13,20)(H2,12,14,15). The molecule has 9 heteroatoms. The number of aromatic nitrogens is 3. The van der Waals surface area contributed by atoms with Crippen LogP contribution in [-0.4, -0.2) is 49.1 Å². The minimum Gasteiger partial charge on any atom is -0.394 e. The van der Waals surface area contributed by atoms with E-state index in [0.717, 1.165) is 0 Å². The van der Waals surface area contributed by atoms with Gasteiger partial charge in [0.15, 0.2) is 0 Å². The Hall–Kier alpha value is -1.81. The van der Waals surface area contributed by atoms with Gasteiger partial charge in [0, 0.05) is 11.8 Å². The van der Waals surface area contributed by atoms with Gasteiger partial charge in [-0.2, -0.15) is 0 Å². The van der Waals surface area contributed by atoms with Gasteiger partial charge in [0.1, 0.15) is 35.6 Å². The van der Waals surface area contributed by atoms with Crippen molar-refractivity contribution in [1.29, 1.82) is 0 Å². The topological polar surface area (TPSA) is 132 Å². The average Bonchev–Trinajstić information content (AvgIpc) is 2.81. The summed E-state index contributed by atoms with van der Waals surface area (Å²) in [6, 6.07) is 0. The highest BCUT2D eigenvalue weighted by molar-refractivity contribution is 7.80. The molecule has 0 saturated carbocycles. The number of nitrogens with zero attached hydrogens (tertiary/aromatic N) is 3. The number of aliphatic hydroxyl groups is 2. The van der Waals surface area contributed by atoms with Crippen LogP contribution in [0.2, 0.25) is 0 Å². The highest BCUT2D eigenvalue weighted by atomic mass is 32.1. The molecular formula is C11H15N5O3S. The van der Waals surface area contributed by atoms with Crippen molar-refractivity contribution in [3.8, 4) is 0 Å². The van der Waals surface area contributed by atoms with E-state index in [4.69, 9.17) is 38.6 Å². The maximum absolute atomic E-state index is 8.97. The van der Waals surface area contributed by atoms with E-state index in [1.54, 1.807) is 10.8 Å². The number of hydrogen-bond donors (Lipinski definition) is 4. The molecule has 2 rings (SSSR count). The minimum atomic E-state index is -0.667. The van der Waals surface area contributed by atoms with E-state index in [-0.39, 0.29) is 30.8 Å². The maximum Gasteiger partial charge on any atom is 0.148 e. The van der Waals surface area contributed by atoms with E-state index in [1.807, 2.05) is 0 Å². The molecule has 6 N–H and O–H groups in total. The van der Waals surface area contributed by atoms with Crippen molar-refractivity contribution in [2.45, 2.75) is 12.8 Å². The summed E-state index contributed by atoms with van der Waals surface area (Å²) < 4.78 is 6.98.